The Kier molecular flexibility index (Phi) is 3.58. The van der Waals surface area contributed by atoms with Crippen molar-refractivity contribution in [2.24, 2.45) is 0 Å². The highest BCUT2D eigenvalue weighted by Crippen LogP contribution is 2.35. The Hall–Kier alpha value is -2.03. The third kappa shape index (κ3) is 2.48. The van der Waals surface area contributed by atoms with Crippen molar-refractivity contribution in [2.75, 3.05) is 0 Å². The van der Waals surface area contributed by atoms with Crippen molar-refractivity contribution in [3.05, 3.63) is 76.6 Å². The van der Waals surface area contributed by atoms with Crippen LogP contribution in [-0.2, 0) is 12.8 Å². The quantitative estimate of drug-likeness (QED) is 0.681. The summed E-state index contributed by atoms with van der Waals surface area (Å²) in [5.74, 6) is -3.28. The second kappa shape index (κ2) is 5.40. The number of hydrogen-bond acceptors (Lipinski definition) is 0. The van der Waals surface area contributed by atoms with Gasteiger partial charge in [-0.2, -0.15) is 0 Å². The zero-order valence-corrected chi connectivity index (χ0v) is 11.5. The first-order valence-electron chi connectivity index (χ1n) is 6.97. The van der Waals surface area contributed by atoms with Gasteiger partial charge in [0.2, 0.25) is 0 Å². The van der Waals surface area contributed by atoms with E-state index in [0.29, 0.717) is 24.0 Å². The van der Waals surface area contributed by atoms with E-state index in [-0.39, 0.29) is 5.92 Å². The van der Waals surface area contributed by atoms with E-state index in [1.165, 1.54) is 0 Å². The second-order valence-corrected chi connectivity index (χ2v) is 5.43. The van der Waals surface area contributed by atoms with Gasteiger partial charge >= 0.3 is 0 Å². The third-order valence-electron chi connectivity index (χ3n) is 4.21. The third-order valence-corrected chi connectivity index (χ3v) is 4.21. The first-order chi connectivity index (χ1) is 10.1. The van der Waals surface area contributed by atoms with Crippen LogP contribution in [0.1, 0.15) is 34.6 Å². The number of halogens is 3. The number of benzene rings is 2. The molecule has 0 aromatic heterocycles. The highest BCUT2D eigenvalue weighted by atomic mass is 19.2. The summed E-state index contributed by atoms with van der Waals surface area (Å²) in [6.45, 7) is 3.71. The van der Waals surface area contributed by atoms with Crippen LogP contribution in [0.15, 0.2) is 36.9 Å². The Labute approximate surface area is 121 Å². The van der Waals surface area contributed by atoms with Crippen LogP contribution < -0.4 is 0 Å². The van der Waals surface area contributed by atoms with Crippen LogP contribution in [0.2, 0.25) is 0 Å². The van der Waals surface area contributed by atoms with Gasteiger partial charge in [0, 0.05) is 0 Å². The standard InChI is InChI=1S/C18H15F3/c1-2-11-3-5-12(6-4-11)13-7-8-15-14(9-13)10-16(19)18(21)17(15)20/h2-6,10,13H,1,7-9H2. The summed E-state index contributed by atoms with van der Waals surface area (Å²) >= 11 is 0. The first-order valence-corrected chi connectivity index (χ1v) is 6.97. The number of rotatable bonds is 2. The second-order valence-electron chi connectivity index (χ2n) is 5.43. The van der Waals surface area contributed by atoms with E-state index in [1.54, 1.807) is 6.08 Å². The minimum atomic E-state index is -1.36. The Morgan fingerprint density at radius 3 is 2.43 bits per heavy atom. The topological polar surface area (TPSA) is 0 Å². The molecule has 2 aromatic rings. The van der Waals surface area contributed by atoms with Crippen molar-refractivity contribution in [1.82, 2.24) is 0 Å². The molecule has 1 atom stereocenters. The molecule has 108 valence electrons. The van der Waals surface area contributed by atoms with Crippen molar-refractivity contribution < 1.29 is 13.2 Å². The van der Waals surface area contributed by atoms with Gasteiger partial charge < -0.3 is 0 Å². The summed E-state index contributed by atoms with van der Waals surface area (Å²) in [4.78, 5) is 0. The van der Waals surface area contributed by atoms with E-state index in [9.17, 15) is 13.2 Å². The molecule has 0 nitrogen and oxygen atoms in total. The molecule has 0 heterocycles. The molecule has 1 aliphatic carbocycles. The van der Waals surface area contributed by atoms with Gasteiger partial charge in [-0.3, -0.25) is 0 Å². The SMILES string of the molecule is C=Cc1ccc(C2CCc3c(cc(F)c(F)c3F)C2)cc1. The molecule has 3 rings (SSSR count). The summed E-state index contributed by atoms with van der Waals surface area (Å²) in [7, 11) is 0. The lowest BCUT2D eigenvalue weighted by Crippen LogP contribution is -2.16. The Morgan fingerprint density at radius 1 is 1.05 bits per heavy atom. The summed E-state index contributed by atoms with van der Waals surface area (Å²) < 4.78 is 40.4. The molecule has 0 bridgehead atoms. The minimum Gasteiger partial charge on any atom is -0.204 e. The predicted molar refractivity (Wildman–Crippen MR) is 77.6 cm³/mol. The summed E-state index contributed by atoms with van der Waals surface area (Å²) in [5.41, 5.74) is 3.08. The normalized spacial score (nSPS) is 17.4. The summed E-state index contributed by atoms with van der Waals surface area (Å²) in [6.07, 6.45) is 3.49. The molecule has 3 heteroatoms. The smallest absolute Gasteiger partial charge is 0.194 e. The molecule has 21 heavy (non-hydrogen) atoms. The fraction of sp³-hybridized carbons (Fsp3) is 0.222. The average molecular weight is 288 g/mol. The van der Waals surface area contributed by atoms with Gasteiger partial charge in [-0.25, -0.2) is 13.2 Å². The molecule has 1 unspecified atom stereocenters. The molecule has 0 spiro atoms. The van der Waals surface area contributed by atoms with Gasteiger partial charge in [0.25, 0.3) is 0 Å². The Balaban J connectivity index is 1.91. The lowest BCUT2D eigenvalue weighted by Gasteiger charge is -2.25. The van der Waals surface area contributed by atoms with Crippen LogP contribution in [0.5, 0.6) is 0 Å². The zero-order chi connectivity index (χ0) is 15.0. The average Bonchev–Trinajstić information content (AvgIpc) is 2.52. The molecule has 2 aromatic carbocycles. The fourth-order valence-electron chi connectivity index (χ4n) is 3.01. The fourth-order valence-corrected chi connectivity index (χ4v) is 3.01. The molecule has 0 radical (unpaired) electrons. The van der Waals surface area contributed by atoms with Crippen molar-refractivity contribution in [2.45, 2.75) is 25.2 Å². The molecule has 0 saturated heterocycles. The van der Waals surface area contributed by atoms with Gasteiger partial charge in [-0.1, -0.05) is 36.9 Å². The molecule has 0 aliphatic heterocycles. The van der Waals surface area contributed by atoms with Crippen LogP contribution in [0.3, 0.4) is 0 Å². The molecular weight excluding hydrogens is 273 g/mol. The Bertz CT molecular complexity index is 687. The van der Waals surface area contributed by atoms with Crippen LogP contribution >= 0.6 is 0 Å². The van der Waals surface area contributed by atoms with Gasteiger partial charge in [0.15, 0.2) is 17.5 Å². The van der Waals surface area contributed by atoms with E-state index >= 15 is 0 Å². The molecule has 0 saturated carbocycles. The number of fused-ring (bicyclic) bond motifs is 1. The van der Waals surface area contributed by atoms with Gasteiger partial charge in [-0.15, -0.1) is 0 Å². The zero-order valence-electron chi connectivity index (χ0n) is 11.5. The predicted octanol–water partition coefficient (Wildman–Crippen LogP) is 5.02. The highest BCUT2D eigenvalue weighted by Gasteiger charge is 2.26. The molecule has 0 fully saturated rings. The summed E-state index contributed by atoms with van der Waals surface area (Å²) in [6, 6.07) is 9.12. The maximum absolute atomic E-state index is 13.7. The van der Waals surface area contributed by atoms with Crippen molar-refractivity contribution in [1.29, 1.82) is 0 Å². The molecule has 0 amide bonds. The maximum Gasteiger partial charge on any atom is 0.194 e. The van der Waals surface area contributed by atoms with Crippen molar-refractivity contribution in [3.8, 4) is 0 Å². The first kappa shape index (κ1) is 13.9. The molecule has 1 aliphatic rings. The van der Waals surface area contributed by atoms with Crippen LogP contribution in [0.25, 0.3) is 6.08 Å². The summed E-state index contributed by atoms with van der Waals surface area (Å²) in [5, 5.41) is 0. The molecule has 0 N–H and O–H groups in total. The van der Waals surface area contributed by atoms with Crippen LogP contribution in [0.4, 0.5) is 13.2 Å². The maximum atomic E-state index is 13.7. The Morgan fingerprint density at radius 2 is 1.76 bits per heavy atom. The number of hydrogen-bond donors (Lipinski definition) is 0. The largest absolute Gasteiger partial charge is 0.204 e. The van der Waals surface area contributed by atoms with E-state index in [4.69, 9.17) is 0 Å². The van der Waals surface area contributed by atoms with Gasteiger partial charge in [0.05, 0.1) is 0 Å². The van der Waals surface area contributed by atoms with E-state index in [1.807, 2.05) is 24.3 Å². The van der Waals surface area contributed by atoms with Crippen LogP contribution in [0, 0.1) is 17.5 Å². The lowest BCUT2D eigenvalue weighted by molar-refractivity contribution is 0.428. The lowest BCUT2D eigenvalue weighted by atomic mass is 9.80. The van der Waals surface area contributed by atoms with Gasteiger partial charge in [-0.05, 0) is 53.5 Å². The van der Waals surface area contributed by atoms with E-state index < -0.39 is 17.5 Å². The molecular formula is C18H15F3. The van der Waals surface area contributed by atoms with E-state index in [2.05, 4.69) is 6.58 Å². The highest BCUT2D eigenvalue weighted by molar-refractivity contribution is 5.48. The monoisotopic (exact) mass is 288 g/mol. The van der Waals surface area contributed by atoms with Crippen molar-refractivity contribution >= 4 is 6.08 Å². The van der Waals surface area contributed by atoms with E-state index in [0.717, 1.165) is 23.6 Å². The van der Waals surface area contributed by atoms with Crippen molar-refractivity contribution in [3.63, 3.8) is 0 Å². The minimum absolute atomic E-state index is 0.209. The van der Waals surface area contributed by atoms with Crippen LogP contribution in [-0.4, -0.2) is 0 Å². The van der Waals surface area contributed by atoms with Gasteiger partial charge in [0.1, 0.15) is 0 Å².